The normalized spacial score (nSPS) is 31.9. The van der Waals surface area contributed by atoms with Gasteiger partial charge >= 0.3 is 0 Å². The van der Waals surface area contributed by atoms with Crippen molar-refractivity contribution in [3.63, 3.8) is 0 Å². The first-order valence-corrected chi connectivity index (χ1v) is 31.0. The summed E-state index contributed by atoms with van der Waals surface area (Å²) >= 11 is 0. The van der Waals surface area contributed by atoms with Crippen molar-refractivity contribution in [2.45, 2.75) is 217 Å². The lowest BCUT2D eigenvalue weighted by Gasteiger charge is -2.46. The zero-order valence-corrected chi connectivity index (χ0v) is 42.6. The highest BCUT2D eigenvalue weighted by atomic mass is 28.4. The number of hydrogen-bond acceptors (Lipinski definition) is 5. The van der Waals surface area contributed by atoms with E-state index in [1.165, 1.54) is 56.4 Å². The summed E-state index contributed by atoms with van der Waals surface area (Å²) in [5, 5.41) is 4.35. The third-order valence-corrected chi connectivity index (χ3v) is 16.6. The lowest BCUT2D eigenvalue weighted by Crippen LogP contribution is -2.52. The molecule has 5 nitrogen and oxygen atoms in total. The number of hydrogen-bond donors (Lipinski definition) is 1. The number of piperidine rings is 1. The second-order valence-electron chi connectivity index (χ2n) is 23.1. The van der Waals surface area contributed by atoms with Crippen LogP contribution in [0.25, 0.3) is 0 Å². The molecule has 0 spiro atoms. The lowest BCUT2D eigenvalue weighted by molar-refractivity contribution is 0.0771. The van der Waals surface area contributed by atoms with Crippen molar-refractivity contribution in [3.8, 4) is 0 Å². The van der Waals surface area contributed by atoms with Crippen LogP contribution in [0.3, 0.4) is 0 Å². The van der Waals surface area contributed by atoms with Crippen molar-refractivity contribution in [2.24, 2.45) is 81.0 Å². The van der Waals surface area contributed by atoms with Crippen LogP contribution in [-0.2, 0) is 8.85 Å². The average molecular weight is 817 g/mol. The Kier molecular flexibility index (Phi) is 20.1. The van der Waals surface area contributed by atoms with Crippen LogP contribution in [0.2, 0.25) is 39.3 Å². The summed E-state index contributed by atoms with van der Waals surface area (Å²) in [5.74, 6) is 8.20. The van der Waals surface area contributed by atoms with Gasteiger partial charge in [-0.15, -0.1) is 0 Å². The summed E-state index contributed by atoms with van der Waals surface area (Å²) in [5.41, 5.74) is 2.88. The molecule has 328 valence electrons. The molecule has 0 amide bonds. The summed E-state index contributed by atoms with van der Waals surface area (Å²) in [6, 6.07) is 1.43. The fourth-order valence-corrected chi connectivity index (χ4v) is 12.2. The van der Waals surface area contributed by atoms with Crippen molar-refractivity contribution in [1.29, 1.82) is 0 Å². The van der Waals surface area contributed by atoms with Crippen molar-refractivity contribution in [3.05, 3.63) is 0 Å². The summed E-state index contributed by atoms with van der Waals surface area (Å²) in [6.07, 6.45) is 13.1. The molecule has 0 aromatic heterocycles. The highest BCUT2D eigenvalue weighted by Gasteiger charge is 2.44. The van der Waals surface area contributed by atoms with E-state index in [4.69, 9.17) is 18.8 Å². The van der Waals surface area contributed by atoms with Crippen LogP contribution in [0.4, 0.5) is 0 Å². The zero-order chi connectivity index (χ0) is 42.1. The van der Waals surface area contributed by atoms with Crippen LogP contribution in [0.1, 0.15) is 154 Å². The molecule has 1 heterocycles. The molecular weight excluding hydrogens is 719 g/mol. The van der Waals surface area contributed by atoms with Crippen LogP contribution in [0, 0.1) is 71.0 Å². The van der Waals surface area contributed by atoms with Gasteiger partial charge in [-0.2, -0.15) is 0 Å². The Hall–Kier alpha value is -0.346. The molecule has 2 aliphatic carbocycles. The highest BCUT2D eigenvalue weighted by molar-refractivity contribution is 6.70. The second kappa shape index (κ2) is 22.5. The molecule has 1 N–H and O–H groups in total. The smallest absolute Gasteiger partial charge is 0.183 e. The maximum Gasteiger partial charge on any atom is 0.183 e. The summed E-state index contributed by atoms with van der Waals surface area (Å²) in [4.78, 5) is 12.1. The van der Waals surface area contributed by atoms with Crippen LogP contribution >= 0.6 is 0 Å². The standard InChI is InChI=1S/C49H97N3O2Si2/c1-32(2)38-28-40(34(5)6)48(41(29-38)35(7)8)51-46(24-20-26-53-55(13,14)15)44-22-19-23-45(50-44)47(25-21-27-54-56(16,17)18)52-49-42(36(9)10)30-39(33(3)4)31-43(49)37(11)12/h32-45,48-50H,19-31H2,1-18H3. The molecule has 0 aromatic carbocycles. The summed E-state index contributed by atoms with van der Waals surface area (Å²) in [7, 11) is -3.15. The molecule has 56 heavy (non-hydrogen) atoms. The van der Waals surface area contributed by atoms with Gasteiger partial charge in [0, 0.05) is 36.7 Å². The van der Waals surface area contributed by atoms with E-state index >= 15 is 0 Å². The van der Waals surface area contributed by atoms with Gasteiger partial charge in [0.1, 0.15) is 0 Å². The maximum absolute atomic E-state index is 6.45. The van der Waals surface area contributed by atoms with Gasteiger partial charge in [0.2, 0.25) is 0 Å². The molecule has 7 heteroatoms. The van der Waals surface area contributed by atoms with E-state index in [1.807, 2.05) is 0 Å². The van der Waals surface area contributed by atoms with Gasteiger partial charge in [-0.3, -0.25) is 9.98 Å². The van der Waals surface area contributed by atoms with E-state index in [-0.39, 0.29) is 0 Å². The Morgan fingerprint density at radius 3 is 1.05 bits per heavy atom. The Labute approximate surface area is 352 Å². The summed E-state index contributed by atoms with van der Waals surface area (Å²) < 4.78 is 12.9. The van der Waals surface area contributed by atoms with Crippen molar-refractivity contribution in [2.75, 3.05) is 13.2 Å². The van der Waals surface area contributed by atoms with Crippen LogP contribution in [-0.4, -0.2) is 65.4 Å². The number of nitrogens with zero attached hydrogens (tertiary/aromatic N) is 2. The third-order valence-electron chi connectivity index (χ3n) is 14.4. The molecule has 1 saturated heterocycles. The number of nitrogens with one attached hydrogen (secondary N) is 1. The van der Waals surface area contributed by atoms with Crippen molar-refractivity contribution < 1.29 is 8.85 Å². The first kappa shape index (κ1) is 50.0. The van der Waals surface area contributed by atoms with E-state index in [0.29, 0.717) is 71.5 Å². The molecule has 0 aromatic rings. The van der Waals surface area contributed by atoms with Crippen molar-refractivity contribution in [1.82, 2.24) is 5.32 Å². The molecule has 6 atom stereocenters. The minimum atomic E-state index is -1.57. The quantitative estimate of drug-likeness (QED) is 0.0756. The molecular formula is C49H97N3O2Si2. The van der Waals surface area contributed by atoms with Gasteiger partial charge in [-0.1, -0.05) is 83.1 Å². The minimum absolute atomic E-state index is 0.311. The molecule has 2 saturated carbocycles. The third kappa shape index (κ3) is 15.6. The van der Waals surface area contributed by atoms with Gasteiger partial charge < -0.3 is 14.2 Å². The van der Waals surface area contributed by atoms with E-state index in [1.54, 1.807) is 0 Å². The van der Waals surface area contributed by atoms with Crippen molar-refractivity contribution >= 4 is 28.1 Å². The van der Waals surface area contributed by atoms with E-state index < -0.39 is 16.6 Å². The molecule has 0 radical (unpaired) electrons. The Bertz CT molecular complexity index is 1070. The fourth-order valence-electron chi connectivity index (χ4n) is 10.7. The van der Waals surface area contributed by atoms with E-state index in [9.17, 15) is 0 Å². The van der Waals surface area contributed by atoms with Crippen LogP contribution in [0.5, 0.6) is 0 Å². The SMILES string of the molecule is CC(C)C1CC(C(C)C)C(N=C(CCCO[Si](C)(C)C)C2CCCC(C(CCCO[Si](C)(C)C)=NC3C(C(C)C)CC(C(C)C)CC3C(C)C)N2)C(C(C)C)C1. The van der Waals surface area contributed by atoms with Gasteiger partial charge in [0.05, 0.1) is 12.1 Å². The molecule has 1 aliphatic heterocycles. The largest absolute Gasteiger partial charge is 0.418 e. The number of rotatable bonds is 20. The first-order valence-electron chi connectivity index (χ1n) is 24.2. The maximum atomic E-state index is 6.45. The van der Waals surface area contributed by atoms with Gasteiger partial charge in [0.15, 0.2) is 16.6 Å². The van der Waals surface area contributed by atoms with Gasteiger partial charge in [-0.25, -0.2) is 0 Å². The Balaban J connectivity index is 2.07. The molecule has 3 aliphatic rings. The second-order valence-corrected chi connectivity index (χ2v) is 32.2. The Morgan fingerprint density at radius 2 is 0.804 bits per heavy atom. The van der Waals surface area contributed by atoms with Gasteiger partial charge in [-0.05, 0) is 181 Å². The number of aliphatic imine (C=N–C) groups is 2. The molecule has 0 bridgehead atoms. The van der Waals surface area contributed by atoms with E-state index in [2.05, 4.69) is 128 Å². The van der Waals surface area contributed by atoms with E-state index in [0.717, 1.165) is 62.6 Å². The predicted molar refractivity (Wildman–Crippen MR) is 253 cm³/mol. The molecule has 3 fully saturated rings. The highest BCUT2D eigenvalue weighted by Crippen LogP contribution is 2.47. The zero-order valence-electron chi connectivity index (χ0n) is 40.6. The Morgan fingerprint density at radius 1 is 0.500 bits per heavy atom. The van der Waals surface area contributed by atoms with Crippen LogP contribution in [0.15, 0.2) is 9.98 Å². The topological polar surface area (TPSA) is 55.2 Å². The first-order chi connectivity index (χ1) is 26.0. The van der Waals surface area contributed by atoms with Crippen LogP contribution < -0.4 is 5.32 Å². The molecule has 6 unspecified atom stereocenters. The predicted octanol–water partition coefficient (Wildman–Crippen LogP) is 13.6. The lowest BCUT2D eigenvalue weighted by atomic mass is 9.62. The monoisotopic (exact) mass is 816 g/mol. The molecule has 3 rings (SSSR count). The minimum Gasteiger partial charge on any atom is -0.418 e. The van der Waals surface area contributed by atoms with Gasteiger partial charge in [0.25, 0.3) is 0 Å². The average Bonchev–Trinajstić information content (AvgIpc) is 3.09. The fraction of sp³-hybridized carbons (Fsp3) is 0.959. The summed E-state index contributed by atoms with van der Waals surface area (Å²) in [6.45, 7) is 45.2.